The van der Waals surface area contributed by atoms with Crippen LogP contribution in [0.3, 0.4) is 0 Å². The van der Waals surface area contributed by atoms with Crippen LogP contribution in [0.4, 0.5) is 0 Å². The van der Waals surface area contributed by atoms with Crippen molar-refractivity contribution in [1.82, 2.24) is 13.7 Å². The fraction of sp³-hybridized carbons (Fsp3) is 0.345. The minimum absolute atomic E-state index is 0.0208. The van der Waals surface area contributed by atoms with Crippen LogP contribution in [-0.4, -0.2) is 58.5 Å². The van der Waals surface area contributed by atoms with E-state index in [9.17, 15) is 58.8 Å². The van der Waals surface area contributed by atoms with Gasteiger partial charge in [0.1, 0.15) is 0 Å². The predicted octanol–water partition coefficient (Wildman–Crippen LogP) is 4.13. The minimum atomic E-state index is -1.75. The standard InChI is InChI=1S/C53H47N3O12.C2H6/c1-9-54-33-12-10-26-16-31(33)32-17-27(11-13-34(32)54)56-43-29(15-20(3)58)22(5)47(62)52(67)40(43)41-45(56)36(24(7)49(64)53(41)68)37(25(8)59)35(60)18-30-23(6)48(63)51(66)39-38-42(55(26)44(30)39)28(14-19(2)57)21(4)46(61)50(38)65;1-2/h10-13,16-17,19-20,25,35,37,57-60H,9,14-15,18H2,1-8H3;1-2H3. The molecule has 4 heterocycles. The number of aliphatic hydroxyl groups excluding tert-OH is 4. The van der Waals surface area contributed by atoms with Gasteiger partial charge in [0.25, 0.3) is 0 Å². The zero-order chi connectivity index (χ0) is 51.0. The van der Waals surface area contributed by atoms with Crippen molar-refractivity contribution in [3.05, 3.63) is 163 Å². The van der Waals surface area contributed by atoms with Gasteiger partial charge in [0, 0.05) is 87.2 Å². The second kappa shape index (κ2) is 16.8. The fourth-order valence-corrected chi connectivity index (χ4v) is 11.6. The quantitative estimate of drug-likeness (QED) is 0.173. The molecule has 0 spiro atoms. The third-order valence-corrected chi connectivity index (χ3v) is 14.7. The smallest absolute Gasteiger partial charge is 0.236 e. The molecule has 4 bridgehead atoms. The van der Waals surface area contributed by atoms with Crippen molar-refractivity contribution in [3.63, 3.8) is 0 Å². The Labute approximate surface area is 397 Å². The van der Waals surface area contributed by atoms with Crippen molar-refractivity contribution < 1.29 is 20.4 Å². The van der Waals surface area contributed by atoms with E-state index in [1.807, 2.05) is 45.0 Å². The van der Waals surface area contributed by atoms with Crippen molar-refractivity contribution in [2.24, 2.45) is 0 Å². The van der Waals surface area contributed by atoms with Crippen molar-refractivity contribution in [3.8, 4) is 11.4 Å². The molecule has 3 aromatic heterocycles. The highest BCUT2D eigenvalue weighted by Gasteiger charge is 2.38. The van der Waals surface area contributed by atoms with Gasteiger partial charge in [0.05, 0.1) is 68.0 Å². The van der Waals surface area contributed by atoms with E-state index >= 15 is 0 Å². The van der Waals surface area contributed by atoms with Crippen LogP contribution in [0.2, 0.25) is 0 Å². The molecule has 0 amide bonds. The molecule has 4 N–H and O–H groups in total. The Morgan fingerprint density at radius 1 is 0.543 bits per heavy atom. The zero-order valence-corrected chi connectivity index (χ0v) is 40.6. The maximum absolute atomic E-state index is 14.6. The zero-order valence-electron chi connectivity index (χ0n) is 40.6. The van der Waals surface area contributed by atoms with E-state index in [1.54, 1.807) is 21.3 Å². The maximum Gasteiger partial charge on any atom is 0.236 e. The topological polar surface area (TPSA) is 232 Å². The second-order valence-electron chi connectivity index (χ2n) is 18.8. The monoisotopic (exact) mass is 947 g/mol. The Bertz CT molecular complexity index is 4230. The normalized spacial score (nSPS) is 16.3. The molecule has 9 aromatic rings. The van der Waals surface area contributed by atoms with E-state index in [-0.39, 0.29) is 95.6 Å². The SMILES string of the molecule is CC.CCn1c2ccc3cc2c2cc(ccc21)-n1c2c(CC(C)O)c(C)c(=O)c(=O)c2c2c(=O)c(=O)c(C)c(c21)C(C(C)O)C(O)Cc1c(C)c(=O)c(=O)c2c4c(=O)c(=O)c(C)c(CC(C)O)c4n-3c12. The van der Waals surface area contributed by atoms with E-state index in [1.165, 1.54) is 48.5 Å². The molecule has 0 saturated heterocycles. The van der Waals surface area contributed by atoms with E-state index in [2.05, 4.69) is 4.57 Å². The third kappa shape index (κ3) is 6.41. The summed E-state index contributed by atoms with van der Waals surface area (Å²) in [5.41, 5.74) is -5.16. The molecular weight excluding hydrogens is 895 g/mol. The molecule has 0 aliphatic carbocycles. The van der Waals surface area contributed by atoms with Crippen LogP contribution in [0.1, 0.15) is 92.0 Å². The summed E-state index contributed by atoms with van der Waals surface area (Å²) in [4.78, 5) is 114. The number of rotatable bonds is 6. The average molecular weight is 948 g/mol. The first-order valence-electron chi connectivity index (χ1n) is 23.7. The van der Waals surface area contributed by atoms with Crippen LogP contribution in [-0.2, 0) is 25.8 Å². The van der Waals surface area contributed by atoms with Crippen LogP contribution < -0.4 is 43.4 Å². The molecule has 15 nitrogen and oxygen atoms in total. The van der Waals surface area contributed by atoms with Crippen LogP contribution in [0.15, 0.2) is 74.8 Å². The molecule has 0 saturated carbocycles. The first-order valence-corrected chi connectivity index (χ1v) is 23.7. The average Bonchev–Trinajstić information content (AvgIpc) is 3.97. The van der Waals surface area contributed by atoms with Gasteiger partial charge in [0.2, 0.25) is 43.4 Å². The van der Waals surface area contributed by atoms with E-state index < -0.39 is 85.6 Å². The van der Waals surface area contributed by atoms with Gasteiger partial charge in [-0.2, -0.15) is 0 Å². The van der Waals surface area contributed by atoms with Crippen LogP contribution in [0.5, 0.6) is 0 Å². The Morgan fingerprint density at radius 3 is 1.34 bits per heavy atom. The summed E-state index contributed by atoms with van der Waals surface area (Å²) < 4.78 is 5.32. The fourth-order valence-electron chi connectivity index (χ4n) is 11.6. The molecule has 15 heteroatoms. The highest BCUT2D eigenvalue weighted by molar-refractivity contribution is 6.15. The number of aliphatic hydroxyl groups is 4. The Morgan fingerprint density at radius 2 is 0.929 bits per heavy atom. The molecule has 6 aromatic carbocycles. The van der Waals surface area contributed by atoms with Crippen LogP contribution >= 0.6 is 0 Å². The highest BCUT2D eigenvalue weighted by Crippen LogP contribution is 2.43. The minimum Gasteiger partial charge on any atom is -0.393 e. The Hall–Kier alpha value is -7.04. The lowest BCUT2D eigenvalue weighted by atomic mass is 9.81. The van der Waals surface area contributed by atoms with E-state index in [0.29, 0.717) is 28.7 Å². The summed E-state index contributed by atoms with van der Waals surface area (Å²) in [6.45, 7) is 16.6. The molecule has 5 atom stereocenters. The van der Waals surface area contributed by atoms with Crippen molar-refractivity contribution in [1.29, 1.82) is 0 Å². The molecule has 1 aliphatic heterocycles. The summed E-state index contributed by atoms with van der Waals surface area (Å²) >= 11 is 0. The number of hydrogen-bond acceptors (Lipinski definition) is 12. The second-order valence-corrected chi connectivity index (χ2v) is 18.8. The van der Waals surface area contributed by atoms with E-state index in [4.69, 9.17) is 0 Å². The molecule has 0 fully saturated rings. The van der Waals surface area contributed by atoms with Crippen LogP contribution in [0, 0.1) is 27.7 Å². The van der Waals surface area contributed by atoms with Crippen molar-refractivity contribution in [2.75, 3.05) is 0 Å². The molecule has 70 heavy (non-hydrogen) atoms. The Kier molecular flexibility index (Phi) is 11.5. The lowest BCUT2D eigenvalue weighted by Crippen LogP contribution is -2.36. The molecule has 10 rings (SSSR count). The molecule has 5 unspecified atom stereocenters. The van der Waals surface area contributed by atoms with Gasteiger partial charge in [-0.3, -0.25) is 38.4 Å². The van der Waals surface area contributed by atoms with E-state index in [0.717, 1.165) is 11.0 Å². The van der Waals surface area contributed by atoms with Gasteiger partial charge >= 0.3 is 0 Å². The largest absolute Gasteiger partial charge is 0.393 e. The number of nitrogens with zero attached hydrogens (tertiary/aromatic N) is 3. The van der Waals surface area contributed by atoms with Gasteiger partial charge in [-0.15, -0.1) is 0 Å². The number of hydrogen-bond donors (Lipinski definition) is 4. The van der Waals surface area contributed by atoms with Crippen LogP contribution in [0.25, 0.3) is 76.8 Å². The maximum atomic E-state index is 14.6. The lowest BCUT2D eigenvalue weighted by molar-refractivity contribution is 0.0628. The van der Waals surface area contributed by atoms with Gasteiger partial charge in [-0.1, -0.05) is 13.8 Å². The van der Waals surface area contributed by atoms with Gasteiger partial charge < -0.3 is 34.1 Å². The number of aromatic nitrogens is 3. The summed E-state index contributed by atoms with van der Waals surface area (Å²) in [5.74, 6) is -1.48. The highest BCUT2D eigenvalue weighted by atomic mass is 16.3. The van der Waals surface area contributed by atoms with Crippen molar-refractivity contribution in [2.45, 2.75) is 125 Å². The molecule has 0 radical (unpaired) electrons. The number of aryl methyl sites for hydroxylation is 1. The lowest BCUT2D eigenvalue weighted by Gasteiger charge is -2.29. The van der Waals surface area contributed by atoms with Crippen molar-refractivity contribution >= 4 is 65.4 Å². The third-order valence-electron chi connectivity index (χ3n) is 14.7. The number of benzene rings is 6. The first kappa shape index (κ1) is 48.0. The summed E-state index contributed by atoms with van der Waals surface area (Å²) in [6, 6.07) is 10.9. The molecule has 1 aliphatic rings. The predicted molar refractivity (Wildman–Crippen MR) is 274 cm³/mol. The summed E-state index contributed by atoms with van der Waals surface area (Å²) in [6.07, 6.45) is -6.07. The van der Waals surface area contributed by atoms with Gasteiger partial charge in [0.15, 0.2) is 0 Å². The molecule has 360 valence electrons. The summed E-state index contributed by atoms with van der Waals surface area (Å²) in [7, 11) is 0. The first-order chi connectivity index (χ1) is 33.1. The number of fused-ring (bicyclic) bond motifs is 10. The summed E-state index contributed by atoms with van der Waals surface area (Å²) in [5, 5.41) is 46.5. The molecular formula is C55H53N3O12. The Balaban J connectivity index is 0.00000300. The van der Waals surface area contributed by atoms with Gasteiger partial charge in [-0.25, -0.2) is 0 Å². The van der Waals surface area contributed by atoms with Gasteiger partial charge in [-0.05, 0) is 114 Å².